The van der Waals surface area contributed by atoms with Crippen LogP contribution in [0.5, 0.6) is 0 Å². The first-order chi connectivity index (χ1) is 8.48. The Balaban J connectivity index is 1.93. The van der Waals surface area contributed by atoms with E-state index in [0.29, 0.717) is 12.1 Å². The van der Waals surface area contributed by atoms with Gasteiger partial charge in [-0.3, -0.25) is 0 Å². The first kappa shape index (κ1) is 14.2. The quantitative estimate of drug-likeness (QED) is 0.798. The molecular weight excluding hydrogens is 250 g/mol. The average Bonchev–Trinajstić information content (AvgIpc) is 2.75. The van der Waals surface area contributed by atoms with Crippen molar-refractivity contribution in [3.05, 3.63) is 0 Å². The van der Waals surface area contributed by atoms with Gasteiger partial charge in [0, 0.05) is 18.1 Å². The Kier molecular flexibility index (Phi) is 4.64. The monoisotopic (exact) mass is 275 g/mol. The van der Waals surface area contributed by atoms with Gasteiger partial charge in [0.1, 0.15) is 0 Å². The number of hydrogen-bond donors (Lipinski definition) is 2. The van der Waals surface area contributed by atoms with Crippen LogP contribution < -0.4 is 10.1 Å². The lowest BCUT2D eigenvalue weighted by atomic mass is 10.0. The van der Waals surface area contributed by atoms with Crippen LogP contribution in [0, 0.1) is 0 Å². The maximum absolute atomic E-state index is 12.2. The number of sulfonamides is 1. The van der Waals surface area contributed by atoms with Gasteiger partial charge in [-0.05, 0) is 46.1 Å². The molecule has 2 fully saturated rings. The summed E-state index contributed by atoms with van der Waals surface area (Å²) in [5.74, 6) is 0.197. The zero-order valence-corrected chi connectivity index (χ0v) is 12.2. The van der Waals surface area contributed by atoms with Gasteiger partial charge < -0.3 is 5.32 Å². The SMILES string of the molecule is CC1CCCC(C)N1NS(=O)(=O)CC1CCCN1. The fraction of sp³-hybridized carbons (Fsp3) is 1.00. The van der Waals surface area contributed by atoms with E-state index >= 15 is 0 Å². The maximum atomic E-state index is 12.2. The number of nitrogens with one attached hydrogen (secondary N) is 2. The molecule has 106 valence electrons. The summed E-state index contributed by atoms with van der Waals surface area (Å²) in [7, 11) is -3.22. The van der Waals surface area contributed by atoms with Gasteiger partial charge in [-0.25, -0.2) is 13.4 Å². The van der Waals surface area contributed by atoms with Crippen LogP contribution >= 0.6 is 0 Å². The van der Waals surface area contributed by atoms with E-state index in [0.717, 1.165) is 32.2 Å². The average molecular weight is 275 g/mol. The van der Waals surface area contributed by atoms with Gasteiger partial charge in [-0.1, -0.05) is 6.42 Å². The van der Waals surface area contributed by atoms with Crippen molar-refractivity contribution in [1.82, 2.24) is 15.2 Å². The summed E-state index contributed by atoms with van der Waals surface area (Å²) in [6.07, 6.45) is 5.36. The number of hydrazine groups is 1. The Bertz CT molecular complexity index is 356. The van der Waals surface area contributed by atoms with Crippen LogP contribution in [-0.2, 0) is 10.0 Å². The highest BCUT2D eigenvalue weighted by molar-refractivity contribution is 7.89. The molecule has 18 heavy (non-hydrogen) atoms. The Morgan fingerprint density at radius 2 is 1.83 bits per heavy atom. The van der Waals surface area contributed by atoms with Gasteiger partial charge in [0.25, 0.3) is 0 Å². The zero-order valence-electron chi connectivity index (χ0n) is 11.4. The topological polar surface area (TPSA) is 61.4 Å². The minimum Gasteiger partial charge on any atom is -0.313 e. The summed E-state index contributed by atoms with van der Waals surface area (Å²) in [4.78, 5) is 2.79. The van der Waals surface area contributed by atoms with Gasteiger partial charge in [0.05, 0.1) is 5.75 Å². The van der Waals surface area contributed by atoms with E-state index in [1.807, 2.05) is 5.01 Å². The summed E-state index contributed by atoms with van der Waals surface area (Å²) < 4.78 is 24.3. The van der Waals surface area contributed by atoms with Gasteiger partial charge >= 0.3 is 0 Å². The highest BCUT2D eigenvalue weighted by Gasteiger charge is 2.30. The van der Waals surface area contributed by atoms with E-state index in [-0.39, 0.29) is 11.8 Å². The van der Waals surface area contributed by atoms with Crippen molar-refractivity contribution in [1.29, 1.82) is 0 Å². The molecule has 2 rings (SSSR count). The molecule has 5 nitrogen and oxygen atoms in total. The van der Waals surface area contributed by atoms with Crippen LogP contribution in [-0.4, -0.2) is 43.8 Å². The van der Waals surface area contributed by atoms with E-state index in [4.69, 9.17) is 0 Å². The van der Waals surface area contributed by atoms with Crippen molar-refractivity contribution >= 4 is 10.0 Å². The molecule has 6 heteroatoms. The second-order valence-electron chi connectivity index (χ2n) is 5.70. The fourth-order valence-electron chi connectivity index (χ4n) is 2.96. The van der Waals surface area contributed by atoms with E-state index < -0.39 is 10.0 Å². The Labute approximate surface area is 110 Å². The van der Waals surface area contributed by atoms with Crippen LogP contribution in [0.2, 0.25) is 0 Å². The second kappa shape index (κ2) is 5.86. The van der Waals surface area contributed by atoms with Crippen molar-refractivity contribution < 1.29 is 8.42 Å². The number of piperidine rings is 1. The first-order valence-electron chi connectivity index (χ1n) is 7.00. The normalized spacial score (nSPS) is 34.9. The summed E-state index contributed by atoms with van der Waals surface area (Å²) in [5.41, 5.74) is 0. The molecule has 2 aliphatic heterocycles. The summed E-state index contributed by atoms with van der Waals surface area (Å²) in [6.45, 7) is 5.12. The van der Waals surface area contributed by atoms with E-state index in [1.165, 1.54) is 6.42 Å². The Morgan fingerprint density at radius 3 is 2.39 bits per heavy atom. The highest BCUT2D eigenvalue weighted by atomic mass is 32.2. The fourth-order valence-corrected chi connectivity index (χ4v) is 4.53. The number of rotatable bonds is 4. The summed E-state index contributed by atoms with van der Waals surface area (Å²) in [6, 6.07) is 0.707. The lowest BCUT2D eigenvalue weighted by Gasteiger charge is -2.38. The predicted molar refractivity (Wildman–Crippen MR) is 72.6 cm³/mol. The Hall–Kier alpha value is -0.170. The molecule has 2 saturated heterocycles. The molecule has 0 bridgehead atoms. The summed E-state index contributed by atoms with van der Waals surface area (Å²) in [5, 5.41) is 5.16. The van der Waals surface area contributed by atoms with Gasteiger partial charge in [-0.15, -0.1) is 4.83 Å². The molecule has 0 aromatic rings. The van der Waals surface area contributed by atoms with Crippen LogP contribution in [0.3, 0.4) is 0 Å². The first-order valence-corrected chi connectivity index (χ1v) is 8.65. The van der Waals surface area contributed by atoms with Crippen LogP contribution in [0.1, 0.15) is 46.0 Å². The number of hydrogen-bond acceptors (Lipinski definition) is 4. The van der Waals surface area contributed by atoms with E-state index in [2.05, 4.69) is 24.0 Å². The zero-order chi connectivity index (χ0) is 13.2. The minimum atomic E-state index is -3.22. The molecule has 2 heterocycles. The van der Waals surface area contributed by atoms with Gasteiger partial charge in [0.15, 0.2) is 0 Å². The third-order valence-electron chi connectivity index (χ3n) is 4.02. The van der Waals surface area contributed by atoms with Crippen molar-refractivity contribution in [2.75, 3.05) is 12.3 Å². The van der Waals surface area contributed by atoms with Crippen molar-refractivity contribution in [2.45, 2.75) is 64.1 Å². The van der Waals surface area contributed by atoms with E-state index in [1.54, 1.807) is 0 Å². The molecule has 0 spiro atoms. The molecule has 2 N–H and O–H groups in total. The van der Waals surface area contributed by atoms with Crippen LogP contribution in [0.15, 0.2) is 0 Å². The van der Waals surface area contributed by atoms with Crippen molar-refractivity contribution in [3.8, 4) is 0 Å². The summed E-state index contributed by atoms with van der Waals surface area (Å²) >= 11 is 0. The third kappa shape index (κ3) is 3.66. The van der Waals surface area contributed by atoms with Crippen LogP contribution in [0.25, 0.3) is 0 Å². The molecule has 0 aliphatic carbocycles. The molecule has 0 aromatic carbocycles. The largest absolute Gasteiger partial charge is 0.313 e. The molecule has 0 saturated carbocycles. The Morgan fingerprint density at radius 1 is 1.17 bits per heavy atom. The molecule has 2 aliphatic rings. The maximum Gasteiger partial charge on any atom is 0.226 e. The minimum absolute atomic E-state index is 0.123. The molecule has 0 radical (unpaired) electrons. The highest BCUT2D eigenvalue weighted by Crippen LogP contribution is 2.21. The third-order valence-corrected chi connectivity index (χ3v) is 5.35. The van der Waals surface area contributed by atoms with Crippen molar-refractivity contribution in [3.63, 3.8) is 0 Å². The smallest absolute Gasteiger partial charge is 0.226 e. The molecule has 0 aromatic heterocycles. The van der Waals surface area contributed by atoms with E-state index in [9.17, 15) is 8.42 Å². The predicted octanol–water partition coefficient (Wildman–Crippen LogP) is 0.836. The van der Waals surface area contributed by atoms with Gasteiger partial charge in [-0.2, -0.15) is 0 Å². The lowest BCUT2D eigenvalue weighted by Crippen LogP contribution is -2.55. The number of nitrogens with zero attached hydrogens (tertiary/aromatic N) is 1. The van der Waals surface area contributed by atoms with Crippen molar-refractivity contribution in [2.24, 2.45) is 0 Å². The second-order valence-corrected chi connectivity index (χ2v) is 7.45. The molecule has 3 unspecified atom stereocenters. The van der Waals surface area contributed by atoms with Gasteiger partial charge in [0.2, 0.25) is 10.0 Å². The standard InChI is InChI=1S/C12H25N3O2S/c1-10-5-3-6-11(2)15(10)14-18(16,17)9-12-7-4-8-13-12/h10-14H,3-9H2,1-2H3. The molecule has 3 atom stereocenters. The molecule has 0 amide bonds. The lowest BCUT2D eigenvalue weighted by molar-refractivity contribution is 0.0789. The molecular formula is C12H25N3O2S. The van der Waals surface area contributed by atoms with Crippen LogP contribution in [0.4, 0.5) is 0 Å².